The highest BCUT2D eigenvalue weighted by atomic mass is 16.8. The second kappa shape index (κ2) is 12.9. The molecule has 3 aromatic carbocycles. The van der Waals surface area contributed by atoms with Crippen LogP contribution in [0.1, 0.15) is 29.0 Å². The van der Waals surface area contributed by atoms with Gasteiger partial charge >= 0.3 is 11.9 Å². The van der Waals surface area contributed by atoms with Crippen LogP contribution in [-0.2, 0) is 20.7 Å². The van der Waals surface area contributed by atoms with Crippen LogP contribution in [-0.4, -0.2) is 95.8 Å². The molecule has 0 aliphatic carbocycles. The van der Waals surface area contributed by atoms with Crippen LogP contribution in [0.25, 0.3) is 6.08 Å². The number of carboxylic acid groups (broad SMARTS) is 1. The number of amides is 1. The van der Waals surface area contributed by atoms with Crippen molar-refractivity contribution in [1.29, 1.82) is 0 Å². The molecular weight excluding hydrogens is 590 g/mol. The average Bonchev–Trinajstić information content (AvgIpc) is 3.34. The van der Waals surface area contributed by atoms with Crippen LogP contribution in [0.5, 0.6) is 17.2 Å². The fraction of sp³-hybridized carbons (Fsp3) is 0.312. The SMILES string of the molecule is O=C(O)[C@H]1[C@@H](CCc2ccccc2)c2cc(O)c(O[C@@]3(O)O[C@H](CO)[C@@H](O)[C@H](O)[C@H]3O)cc2N1C(=O)C=Cc1ccc(O)cc1. The first-order valence-electron chi connectivity index (χ1n) is 14.1. The summed E-state index contributed by atoms with van der Waals surface area (Å²) in [7, 11) is 0. The number of carbonyl (C=O) groups excluding carboxylic acids is 1. The molecule has 1 amide bonds. The van der Waals surface area contributed by atoms with Gasteiger partial charge in [0.15, 0.2) is 17.6 Å². The number of aliphatic hydroxyl groups excluding tert-OH is 4. The van der Waals surface area contributed by atoms with E-state index in [1.807, 2.05) is 30.3 Å². The monoisotopic (exact) mass is 623 g/mol. The summed E-state index contributed by atoms with van der Waals surface area (Å²) in [6, 6.07) is 16.1. The van der Waals surface area contributed by atoms with Crippen molar-refractivity contribution < 1.29 is 59.9 Å². The molecule has 3 aromatic rings. The Hall–Kier alpha value is -4.50. The van der Waals surface area contributed by atoms with Crippen LogP contribution >= 0.6 is 0 Å². The van der Waals surface area contributed by atoms with E-state index in [1.165, 1.54) is 24.3 Å². The summed E-state index contributed by atoms with van der Waals surface area (Å²) in [5.74, 6) is -7.05. The number of ether oxygens (including phenoxy) is 2. The summed E-state index contributed by atoms with van der Waals surface area (Å²) in [5.41, 5.74) is 1.80. The molecule has 7 atom stereocenters. The number of rotatable bonds is 9. The maximum atomic E-state index is 13.7. The molecule has 0 unspecified atom stereocenters. The van der Waals surface area contributed by atoms with Crippen molar-refractivity contribution in [3.8, 4) is 17.2 Å². The second-order valence-electron chi connectivity index (χ2n) is 10.9. The van der Waals surface area contributed by atoms with Crippen molar-refractivity contribution in [3.05, 3.63) is 89.5 Å². The van der Waals surface area contributed by atoms with Crippen LogP contribution in [0.2, 0.25) is 0 Å². The Bertz CT molecular complexity index is 1560. The lowest BCUT2D eigenvalue weighted by atomic mass is 9.88. The molecule has 1 fully saturated rings. The summed E-state index contributed by atoms with van der Waals surface area (Å²) < 4.78 is 10.6. The van der Waals surface area contributed by atoms with E-state index in [4.69, 9.17) is 9.47 Å². The van der Waals surface area contributed by atoms with Gasteiger partial charge in [-0.1, -0.05) is 42.5 Å². The number of anilines is 1. The molecule has 0 spiro atoms. The zero-order chi connectivity index (χ0) is 32.5. The molecule has 2 aliphatic heterocycles. The molecule has 238 valence electrons. The number of aliphatic hydroxyl groups is 5. The molecule has 0 saturated carbocycles. The molecule has 0 bridgehead atoms. The fourth-order valence-corrected chi connectivity index (χ4v) is 5.68. The van der Waals surface area contributed by atoms with Gasteiger partial charge in [0.05, 0.1) is 12.3 Å². The molecule has 2 heterocycles. The van der Waals surface area contributed by atoms with Crippen molar-refractivity contribution in [3.63, 3.8) is 0 Å². The lowest BCUT2D eigenvalue weighted by molar-refractivity contribution is -0.422. The molecular formula is C32H33NO12. The summed E-state index contributed by atoms with van der Waals surface area (Å²) in [6.45, 7) is -0.869. The molecule has 5 rings (SSSR count). The van der Waals surface area contributed by atoms with Gasteiger partial charge in [0.1, 0.15) is 30.1 Å². The number of phenols is 2. The Labute approximate surface area is 257 Å². The third-order valence-electron chi connectivity index (χ3n) is 8.00. The summed E-state index contributed by atoms with van der Waals surface area (Å²) in [6.07, 6.45) is -4.33. The van der Waals surface area contributed by atoms with Crippen molar-refractivity contribution in [2.45, 2.75) is 55.2 Å². The smallest absolute Gasteiger partial charge is 0.355 e. The summed E-state index contributed by atoms with van der Waals surface area (Å²) in [5, 5.41) is 82.1. The molecule has 2 aliphatic rings. The molecule has 13 heteroatoms. The Morgan fingerprint density at radius 2 is 1.67 bits per heavy atom. The molecule has 1 saturated heterocycles. The van der Waals surface area contributed by atoms with E-state index in [2.05, 4.69) is 0 Å². The van der Waals surface area contributed by atoms with E-state index < -0.39 is 72.3 Å². The Morgan fingerprint density at radius 3 is 2.31 bits per heavy atom. The molecule has 0 aromatic heterocycles. The first kappa shape index (κ1) is 31.9. The molecule has 0 radical (unpaired) electrons. The maximum Gasteiger partial charge on any atom is 0.355 e. The predicted octanol–water partition coefficient (Wildman–Crippen LogP) is 0.826. The van der Waals surface area contributed by atoms with Gasteiger partial charge in [-0.25, -0.2) is 4.79 Å². The first-order chi connectivity index (χ1) is 21.4. The Balaban J connectivity index is 1.54. The first-order valence-corrected chi connectivity index (χ1v) is 14.1. The van der Waals surface area contributed by atoms with Gasteiger partial charge in [-0.15, -0.1) is 0 Å². The fourth-order valence-electron chi connectivity index (χ4n) is 5.68. The largest absolute Gasteiger partial charge is 0.508 e. The van der Waals surface area contributed by atoms with Gasteiger partial charge in [-0.2, -0.15) is 0 Å². The van der Waals surface area contributed by atoms with Gasteiger partial charge in [0.25, 0.3) is 5.91 Å². The minimum Gasteiger partial charge on any atom is -0.508 e. The van der Waals surface area contributed by atoms with Crippen molar-refractivity contribution in [2.24, 2.45) is 0 Å². The van der Waals surface area contributed by atoms with Crippen molar-refractivity contribution in [1.82, 2.24) is 0 Å². The van der Waals surface area contributed by atoms with E-state index in [0.717, 1.165) is 22.6 Å². The number of carboxylic acids is 1. The lowest BCUT2D eigenvalue weighted by Gasteiger charge is -2.44. The second-order valence-corrected chi connectivity index (χ2v) is 10.9. The number of aliphatic carboxylic acids is 1. The molecule has 8 N–H and O–H groups in total. The Kier molecular flexibility index (Phi) is 9.11. The van der Waals surface area contributed by atoms with E-state index >= 15 is 0 Å². The normalized spacial score (nSPS) is 27.8. The highest BCUT2D eigenvalue weighted by Gasteiger charge is 2.56. The number of hydrogen-bond donors (Lipinski definition) is 8. The molecule has 45 heavy (non-hydrogen) atoms. The Morgan fingerprint density at radius 1 is 0.978 bits per heavy atom. The predicted molar refractivity (Wildman–Crippen MR) is 157 cm³/mol. The number of benzene rings is 3. The van der Waals surface area contributed by atoms with Crippen molar-refractivity contribution >= 4 is 23.6 Å². The van der Waals surface area contributed by atoms with Crippen LogP contribution in [0.4, 0.5) is 5.69 Å². The highest BCUT2D eigenvalue weighted by Crippen LogP contribution is 2.49. The van der Waals surface area contributed by atoms with Gasteiger partial charge in [-0.3, -0.25) is 9.69 Å². The van der Waals surface area contributed by atoms with Crippen LogP contribution in [0, 0.1) is 0 Å². The summed E-state index contributed by atoms with van der Waals surface area (Å²) >= 11 is 0. The third kappa shape index (κ3) is 6.35. The lowest BCUT2D eigenvalue weighted by Crippen LogP contribution is -2.67. The quantitative estimate of drug-likeness (QED) is 0.123. The number of aromatic hydroxyl groups is 2. The van der Waals surface area contributed by atoms with E-state index in [9.17, 15) is 50.4 Å². The summed E-state index contributed by atoms with van der Waals surface area (Å²) in [4.78, 5) is 27.4. The number of phenolic OH excluding ortho intramolecular Hbond substituents is 2. The van der Waals surface area contributed by atoms with Crippen LogP contribution in [0.15, 0.2) is 72.8 Å². The van der Waals surface area contributed by atoms with E-state index in [-0.39, 0.29) is 17.9 Å². The van der Waals surface area contributed by atoms with Crippen LogP contribution in [0.3, 0.4) is 0 Å². The topological polar surface area (TPSA) is 218 Å². The number of hydrogen-bond acceptors (Lipinski definition) is 11. The average molecular weight is 624 g/mol. The van der Waals surface area contributed by atoms with Gasteiger partial charge in [0, 0.05) is 18.1 Å². The third-order valence-corrected chi connectivity index (χ3v) is 8.00. The van der Waals surface area contributed by atoms with Crippen molar-refractivity contribution in [2.75, 3.05) is 11.5 Å². The van der Waals surface area contributed by atoms with Gasteiger partial charge < -0.3 is 50.3 Å². The minimum absolute atomic E-state index is 0.0209. The molecule has 13 nitrogen and oxygen atoms in total. The zero-order valence-electron chi connectivity index (χ0n) is 23.7. The standard InChI is InChI=1S/C32H33NO12/c34-16-25-28(38)29(39)30(40)32(43,45-25)44-24-15-22-21(14-23(24)36)20(12-8-17-4-2-1-3-5-17)27(31(41)42)33(22)26(37)13-9-18-6-10-19(35)11-7-18/h1-7,9-11,13-15,20,25,27-30,34-36,38-40,43H,8,12,16H2,(H,41,42)/t20-,25+,27+,28+,29-,30+,32+/m0/s1. The van der Waals surface area contributed by atoms with E-state index in [0.29, 0.717) is 17.5 Å². The maximum absolute atomic E-state index is 13.7. The van der Waals surface area contributed by atoms with E-state index in [1.54, 1.807) is 12.1 Å². The number of fused-ring (bicyclic) bond motifs is 1. The number of carbonyl (C=O) groups is 2. The minimum atomic E-state index is -3.07. The highest BCUT2D eigenvalue weighted by molar-refractivity contribution is 6.09. The van der Waals surface area contributed by atoms with Gasteiger partial charge in [-0.05, 0) is 53.8 Å². The number of nitrogens with zero attached hydrogens (tertiary/aromatic N) is 1. The van der Waals surface area contributed by atoms with Gasteiger partial charge in [0.2, 0.25) is 0 Å². The van der Waals surface area contributed by atoms with Crippen LogP contribution < -0.4 is 9.64 Å². The zero-order valence-corrected chi connectivity index (χ0v) is 23.7. The number of aryl methyl sites for hydroxylation is 1.